The minimum Gasteiger partial charge on any atom is -0.302 e. The minimum absolute atomic E-state index is 0.147. The van der Waals surface area contributed by atoms with Crippen LogP contribution in [0.5, 0.6) is 0 Å². The molecule has 6 heteroatoms. The second kappa shape index (κ2) is 9.64. The van der Waals surface area contributed by atoms with Crippen molar-refractivity contribution in [2.24, 2.45) is 0 Å². The summed E-state index contributed by atoms with van der Waals surface area (Å²) in [6.07, 6.45) is 6.26. The van der Waals surface area contributed by atoms with E-state index < -0.39 is 0 Å². The van der Waals surface area contributed by atoms with Crippen molar-refractivity contribution < 1.29 is 4.79 Å². The van der Waals surface area contributed by atoms with Gasteiger partial charge in [-0.15, -0.1) is 10.2 Å². The Bertz CT molecular complexity index is 937. The average Bonchev–Trinajstić information content (AvgIpc) is 3.15. The lowest BCUT2D eigenvalue weighted by molar-refractivity contribution is 0.102. The number of carbonyl (C=O) groups excluding carboxylic acids is 1. The third kappa shape index (κ3) is 4.50. The Hall–Kier alpha value is -2.47. The van der Waals surface area contributed by atoms with E-state index in [1.54, 1.807) is 12.4 Å². The molecule has 0 radical (unpaired) electrons. The summed E-state index contributed by atoms with van der Waals surface area (Å²) < 4.78 is 2.09. The first kappa shape index (κ1) is 20.3. The third-order valence-corrected chi connectivity index (χ3v) is 5.67. The van der Waals surface area contributed by atoms with Gasteiger partial charge < -0.3 is 4.57 Å². The maximum absolute atomic E-state index is 12.9. The van der Waals surface area contributed by atoms with Gasteiger partial charge in [0.1, 0.15) is 0 Å². The first-order valence-electron chi connectivity index (χ1n) is 9.79. The van der Waals surface area contributed by atoms with Crippen LogP contribution in [0.15, 0.2) is 47.9 Å². The first-order valence-corrected chi connectivity index (χ1v) is 10.8. The predicted octanol–water partition coefficient (Wildman–Crippen LogP) is 4.85. The average molecular weight is 395 g/mol. The number of carbonyl (C=O) groups is 1. The molecule has 0 amide bonds. The van der Waals surface area contributed by atoms with Gasteiger partial charge in [0.05, 0.1) is 5.75 Å². The van der Waals surface area contributed by atoms with E-state index in [0.717, 1.165) is 53.5 Å². The fourth-order valence-electron chi connectivity index (χ4n) is 3.15. The lowest BCUT2D eigenvalue weighted by Crippen LogP contribution is -2.09. The van der Waals surface area contributed by atoms with Crippen LogP contribution in [-0.4, -0.2) is 31.3 Å². The molecule has 0 aliphatic rings. The summed E-state index contributed by atoms with van der Waals surface area (Å²) in [5.74, 6) is 1.33. The molecule has 0 fully saturated rings. The largest absolute Gasteiger partial charge is 0.302 e. The summed E-state index contributed by atoms with van der Waals surface area (Å²) >= 11 is 1.46. The van der Waals surface area contributed by atoms with Crippen LogP contribution >= 0.6 is 11.8 Å². The standard InChI is InChI=1S/C22H26N4OS/c1-4-13-26-21(18-9-11-23-12-10-18)24-25-22(26)28-15-20(27)19-14-16(5-2)7-8-17(19)6-3/h7-12,14H,4-6,13,15H2,1-3H3. The number of aromatic nitrogens is 4. The number of aryl methyl sites for hydroxylation is 2. The van der Waals surface area contributed by atoms with Gasteiger partial charge in [-0.05, 0) is 48.6 Å². The van der Waals surface area contributed by atoms with Gasteiger partial charge in [0.25, 0.3) is 0 Å². The van der Waals surface area contributed by atoms with Crippen LogP contribution < -0.4 is 0 Å². The number of nitrogens with zero attached hydrogens (tertiary/aromatic N) is 4. The molecule has 28 heavy (non-hydrogen) atoms. The minimum atomic E-state index is 0.147. The highest BCUT2D eigenvalue weighted by molar-refractivity contribution is 7.99. The summed E-state index contributed by atoms with van der Waals surface area (Å²) in [7, 11) is 0. The highest BCUT2D eigenvalue weighted by Gasteiger charge is 2.17. The van der Waals surface area contributed by atoms with Crippen molar-refractivity contribution in [2.45, 2.75) is 51.7 Å². The molecular formula is C22H26N4OS. The van der Waals surface area contributed by atoms with Gasteiger partial charge >= 0.3 is 0 Å². The van der Waals surface area contributed by atoms with Crippen LogP contribution in [0.2, 0.25) is 0 Å². The number of thioether (sulfide) groups is 1. The Morgan fingerprint density at radius 3 is 2.50 bits per heavy atom. The highest BCUT2D eigenvalue weighted by Crippen LogP contribution is 2.25. The van der Waals surface area contributed by atoms with Crippen LogP contribution in [0.25, 0.3) is 11.4 Å². The van der Waals surface area contributed by atoms with E-state index in [0.29, 0.717) is 5.75 Å². The molecule has 5 nitrogen and oxygen atoms in total. The van der Waals surface area contributed by atoms with Crippen molar-refractivity contribution >= 4 is 17.5 Å². The Morgan fingerprint density at radius 2 is 1.82 bits per heavy atom. The number of benzene rings is 1. The van der Waals surface area contributed by atoms with Crippen LogP contribution in [0.1, 0.15) is 48.7 Å². The second-order valence-electron chi connectivity index (χ2n) is 6.60. The molecule has 0 N–H and O–H groups in total. The second-order valence-corrected chi connectivity index (χ2v) is 7.55. The van der Waals surface area contributed by atoms with Crippen molar-refractivity contribution in [3.05, 3.63) is 59.4 Å². The van der Waals surface area contributed by atoms with Gasteiger partial charge in [0.2, 0.25) is 0 Å². The lowest BCUT2D eigenvalue weighted by atomic mass is 9.98. The number of Topliss-reactive ketones (excluding diaryl/α,β-unsaturated/α-hetero) is 1. The maximum atomic E-state index is 12.9. The summed E-state index contributed by atoms with van der Waals surface area (Å²) in [6, 6.07) is 10.1. The summed E-state index contributed by atoms with van der Waals surface area (Å²) in [4.78, 5) is 17.0. The Labute approximate surface area is 170 Å². The van der Waals surface area contributed by atoms with Crippen LogP contribution in [0.3, 0.4) is 0 Å². The zero-order valence-corrected chi connectivity index (χ0v) is 17.5. The molecule has 1 aromatic carbocycles. The van der Waals surface area contributed by atoms with Crippen LogP contribution in [-0.2, 0) is 19.4 Å². The molecule has 0 aliphatic carbocycles. The molecule has 0 atom stereocenters. The van der Waals surface area contributed by atoms with Crippen molar-refractivity contribution in [2.75, 3.05) is 5.75 Å². The molecule has 0 saturated carbocycles. The van der Waals surface area contributed by atoms with Crippen molar-refractivity contribution in [3.63, 3.8) is 0 Å². The van der Waals surface area contributed by atoms with E-state index >= 15 is 0 Å². The van der Waals surface area contributed by atoms with E-state index in [-0.39, 0.29) is 5.78 Å². The molecule has 0 aliphatic heterocycles. The number of pyridine rings is 1. The van der Waals surface area contributed by atoms with Crippen LogP contribution in [0.4, 0.5) is 0 Å². The van der Waals surface area contributed by atoms with Gasteiger partial charge in [-0.25, -0.2) is 0 Å². The third-order valence-electron chi connectivity index (χ3n) is 4.70. The highest BCUT2D eigenvalue weighted by atomic mass is 32.2. The van der Waals surface area contributed by atoms with Gasteiger partial charge in [0, 0.05) is 30.1 Å². The van der Waals surface area contributed by atoms with E-state index in [1.807, 2.05) is 18.2 Å². The number of hydrogen-bond acceptors (Lipinski definition) is 5. The van der Waals surface area contributed by atoms with E-state index in [2.05, 4.69) is 52.7 Å². The molecule has 3 aromatic rings. The van der Waals surface area contributed by atoms with Crippen molar-refractivity contribution in [1.82, 2.24) is 19.7 Å². The maximum Gasteiger partial charge on any atom is 0.191 e. The molecule has 146 valence electrons. The molecule has 0 unspecified atom stereocenters. The normalized spacial score (nSPS) is 11.0. The monoisotopic (exact) mass is 394 g/mol. The molecule has 0 saturated heterocycles. The number of hydrogen-bond donors (Lipinski definition) is 0. The van der Waals surface area contributed by atoms with Crippen molar-refractivity contribution in [3.8, 4) is 11.4 Å². The van der Waals surface area contributed by atoms with Gasteiger partial charge in [-0.3, -0.25) is 9.78 Å². The number of rotatable bonds is 9. The molecule has 0 spiro atoms. The quantitative estimate of drug-likeness (QED) is 0.383. The fraction of sp³-hybridized carbons (Fsp3) is 0.364. The Balaban J connectivity index is 1.81. The van der Waals surface area contributed by atoms with E-state index in [4.69, 9.17) is 0 Å². The van der Waals surface area contributed by atoms with E-state index in [1.165, 1.54) is 17.3 Å². The molecule has 2 heterocycles. The summed E-state index contributed by atoms with van der Waals surface area (Å²) in [6.45, 7) is 7.13. The summed E-state index contributed by atoms with van der Waals surface area (Å²) in [5, 5.41) is 9.51. The first-order chi connectivity index (χ1) is 13.7. The molecular weight excluding hydrogens is 368 g/mol. The smallest absolute Gasteiger partial charge is 0.191 e. The molecule has 0 bridgehead atoms. The van der Waals surface area contributed by atoms with Gasteiger partial charge in [-0.2, -0.15) is 0 Å². The molecule has 2 aromatic heterocycles. The predicted molar refractivity (Wildman–Crippen MR) is 114 cm³/mol. The number of ketones is 1. The van der Waals surface area contributed by atoms with Gasteiger partial charge in [-0.1, -0.05) is 44.7 Å². The van der Waals surface area contributed by atoms with Crippen LogP contribution in [0, 0.1) is 0 Å². The van der Waals surface area contributed by atoms with Crippen molar-refractivity contribution in [1.29, 1.82) is 0 Å². The SMILES string of the molecule is CCCn1c(SCC(=O)c2cc(CC)ccc2CC)nnc1-c1ccncc1. The topological polar surface area (TPSA) is 60.7 Å². The van der Waals surface area contributed by atoms with E-state index in [9.17, 15) is 4.79 Å². The summed E-state index contributed by atoms with van der Waals surface area (Å²) in [5.41, 5.74) is 4.12. The Kier molecular flexibility index (Phi) is 6.98. The van der Waals surface area contributed by atoms with Gasteiger partial charge in [0.15, 0.2) is 16.8 Å². The zero-order chi connectivity index (χ0) is 19.9. The Morgan fingerprint density at radius 1 is 1.04 bits per heavy atom. The fourth-order valence-corrected chi connectivity index (χ4v) is 4.00. The lowest BCUT2D eigenvalue weighted by Gasteiger charge is -2.10. The molecule has 3 rings (SSSR count). The zero-order valence-electron chi connectivity index (χ0n) is 16.7.